The molecule has 8 heteroatoms. The summed E-state index contributed by atoms with van der Waals surface area (Å²) in [4.78, 5) is 22.9. The molecule has 1 aromatic carbocycles. The fraction of sp³-hybridized carbons (Fsp3) is 0.389. The number of rotatable bonds is 6. The summed E-state index contributed by atoms with van der Waals surface area (Å²) in [6, 6.07) is 8.22. The fourth-order valence-corrected chi connectivity index (χ4v) is 2.98. The summed E-state index contributed by atoms with van der Waals surface area (Å²) in [5, 5.41) is 2.82. The minimum atomic E-state index is -2.89. The summed E-state index contributed by atoms with van der Waals surface area (Å²) in [6.45, 7) is -1.33. The van der Waals surface area contributed by atoms with Gasteiger partial charge in [-0.15, -0.1) is 0 Å². The molecule has 0 unspecified atom stereocenters. The van der Waals surface area contributed by atoms with E-state index in [-0.39, 0.29) is 24.1 Å². The number of aromatic nitrogens is 2. The maximum atomic E-state index is 12.4. The van der Waals surface area contributed by atoms with Crippen LogP contribution in [0.15, 0.2) is 42.7 Å². The van der Waals surface area contributed by atoms with Gasteiger partial charge in [-0.25, -0.2) is 9.97 Å². The number of nitrogens with zero attached hydrogens (tertiary/aromatic N) is 3. The highest BCUT2D eigenvalue weighted by Gasteiger charge is 2.26. The topological polar surface area (TPSA) is 67.3 Å². The number of carbonyl (C=O) groups is 1. The predicted octanol–water partition coefficient (Wildman–Crippen LogP) is 2.61. The Hall–Kier alpha value is -2.77. The van der Waals surface area contributed by atoms with E-state index < -0.39 is 6.61 Å². The van der Waals surface area contributed by atoms with E-state index in [1.165, 1.54) is 6.07 Å². The normalized spacial score (nSPS) is 15.1. The zero-order chi connectivity index (χ0) is 18.4. The molecule has 0 saturated carbocycles. The first-order valence-corrected chi connectivity index (χ1v) is 8.46. The Balaban J connectivity index is 1.51. The standard InChI is InChI=1S/C18H20F2N4O2/c19-17(20)26-15-5-2-1-4-14(15)12-23-16(25)13-6-10-24(11-7-13)18-21-8-3-9-22-18/h1-5,8-9,13,17H,6-7,10-12H2,(H,23,25). The Morgan fingerprint density at radius 2 is 1.88 bits per heavy atom. The monoisotopic (exact) mass is 362 g/mol. The molecule has 2 heterocycles. The molecule has 1 aliphatic rings. The molecule has 0 spiro atoms. The molecule has 2 aromatic rings. The van der Waals surface area contributed by atoms with Crippen LogP contribution in [0.4, 0.5) is 14.7 Å². The van der Waals surface area contributed by atoms with Gasteiger partial charge in [-0.3, -0.25) is 4.79 Å². The van der Waals surface area contributed by atoms with Crippen LogP contribution in [0.5, 0.6) is 5.75 Å². The molecule has 0 radical (unpaired) electrons. The van der Waals surface area contributed by atoms with Crippen LogP contribution in [-0.2, 0) is 11.3 Å². The van der Waals surface area contributed by atoms with Gasteiger partial charge < -0.3 is 15.0 Å². The summed E-state index contributed by atoms with van der Waals surface area (Å²) in [6.07, 6.45) is 4.78. The highest BCUT2D eigenvalue weighted by Crippen LogP contribution is 2.22. The second kappa shape index (κ2) is 8.55. The summed E-state index contributed by atoms with van der Waals surface area (Å²) >= 11 is 0. The predicted molar refractivity (Wildman–Crippen MR) is 91.9 cm³/mol. The molecule has 3 rings (SSSR count). The number of amides is 1. The molecule has 0 bridgehead atoms. The Labute approximate surface area is 150 Å². The molecule has 26 heavy (non-hydrogen) atoms. The van der Waals surface area contributed by atoms with Crippen LogP contribution in [0.1, 0.15) is 18.4 Å². The lowest BCUT2D eigenvalue weighted by Gasteiger charge is -2.31. The lowest BCUT2D eigenvalue weighted by atomic mass is 9.96. The van der Waals surface area contributed by atoms with Crippen LogP contribution >= 0.6 is 0 Å². The number of anilines is 1. The van der Waals surface area contributed by atoms with Crippen molar-refractivity contribution in [2.75, 3.05) is 18.0 Å². The number of halogens is 2. The Morgan fingerprint density at radius 3 is 2.58 bits per heavy atom. The van der Waals surface area contributed by atoms with Gasteiger partial charge in [0, 0.05) is 43.5 Å². The van der Waals surface area contributed by atoms with Crippen molar-refractivity contribution in [2.24, 2.45) is 5.92 Å². The molecule has 1 aromatic heterocycles. The summed E-state index contributed by atoms with van der Waals surface area (Å²) < 4.78 is 29.4. The van der Waals surface area contributed by atoms with Gasteiger partial charge >= 0.3 is 6.61 Å². The Bertz CT molecular complexity index is 722. The van der Waals surface area contributed by atoms with Gasteiger partial charge in [0.1, 0.15) is 5.75 Å². The Kier molecular flexibility index (Phi) is 5.93. The largest absolute Gasteiger partial charge is 0.434 e. The number of nitrogens with one attached hydrogen (secondary N) is 1. The number of alkyl halides is 2. The van der Waals surface area contributed by atoms with Gasteiger partial charge in [0.25, 0.3) is 0 Å². The van der Waals surface area contributed by atoms with Crippen LogP contribution in [0, 0.1) is 5.92 Å². The third-order valence-corrected chi connectivity index (χ3v) is 4.34. The van der Waals surface area contributed by atoms with Crippen molar-refractivity contribution < 1.29 is 18.3 Å². The van der Waals surface area contributed by atoms with E-state index in [1.54, 1.807) is 36.7 Å². The number of piperidine rings is 1. The van der Waals surface area contributed by atoms with E-state index >= 15 is 0 Å². The minimum Gasteiger partial charge on any atom is -0.434 e. The lowest BCUT2D eigenvalue weighted by Crippen LogP contribution is -2.41. The number of hydrogen-bond acceptors (Lipinski definition) is 5. The van der Waals surface area contributed by atoms with Gasteiger partial charge in [-0.2, -0.15) is 8.78 Å². The second-order valence-corrected chi connectivity index (χ2v) is 6.01. The number of para-hydroxylation sites is 1. The molecule has 1 saturated heterocycles. The highest BCUT2D eigenvalue weighted by molar-refractivity contribution is 5.79. The van der Waals surface area contributed by atoms with Gasteiger partial charge in [-0.05, 0) is 25.0 Å². The fourth-order valence-electron chi connectivity index (χ4n) is 2.98. The molecular weight excluding hydrogens is 342 g/mol. The number of benzene rings is 1. The number of carbonyl (C=O) groups excluding carboxylic acids is 1. The van der Waals surface area contributed by atoms with E-state index in [1.807, 2.05) is 0 Å². The van der Waals surface area contributed by atoms with Crippen molar-refractivity contribution >= 4 is 11.9 Å². The SMILES string of the molecule is O=C(NCc1ccccc1OC(F)F)C1CCN(c2ncccn2)CC1. The summed E-state index contributed by atoms with van der Waals surface area (Å²) in [7, 11) is 0. The van der Waals surface area contributed by atoms with Crippen molar-refractivity contribution in [3.05, 3.63) is 48.3 Å². The molecule has 6 nitrogen and oxygen atoms in total. The van der Waals surface area contributed by atoms with E-state index in [4.69, 9.17) is 0 Å². The average molecular weight is 362 g/mol. The molecular formula is C18H20F2N4O2. The third-order valence-electron chi connectivity index (χ3n) is 4.34. The maximum Gasteiger partial charge on any atom is 0.387 e. The molecule has 1 N–H and O–H groups in total. The van der Waals surface area contributed by atoms with Crippen LogP contribution in [0.2, 0.25) is 0 Å². The van der Waals surface area contributed by atoms with Crippen molar-refractivity contribution in [3.63, 3.8) is 0 Å². The molecule has 138 valence electrons. The van der Waals surface area contributed by atoms with Gasteiger partial charge in [0.15, 0.2) is 0 Å². The summed E-state index contributed by atoms with van der Waals surface area (Å²) in [5.74, 6) is 0.562. The highest BCUT2D eigenvalue weighted by atomic mass is 19.3. The average Bonchev–Trinajstić information content (AvgIpc) is 2.67. The third kappa shape index (κ3) is 4.65. The zero-order valence-corrected chi connectivity index (χ0v) is 14.1. The van der Waals surface area contributed by atoms with E-state index in [9.17, 15) is 13.6 Å². The van der Waals surface area contributed by atoms with Crippen LogP contribution < -0.4 is 15.0 Å². The maximum absolute atomic E-state index is 12.4. The molecule has 1 amide bonds. The van der Waals surface area contributed by atoms with Crippen molar-refractivity contribution in [2.45, 2.75) is 26.0 Å². The van der Waals surface area contributed by atoms with Crippen LogP contribution in [-0.4, -0.2) is 35.6 Å². The van der Waals surface area contributed by atoms with E-state index in [0.29, 0.717) is 37.4 Å². The first kappa shape index (κ1) is 18.0. The first-order chi connectivity index (χ1) is 12.6. The van der Waals surface area contributed by atoms with Gasteiger partial charge in [0.2, 0.25) is 11.9 Å². The van der Waals surface area contributed by atoms with Crippen LogP contribution in [0.3, 0.4) is 0 Å². The van der Waals surface area contributed by atoms with Crippen molar-refractivity contribution in [1.82, 2.24) is 15.3 Å². The van der Waals surface area contributed by atoms with Crippen molar-refractivity contribution in [3.8, 4) is 5.75 Å². The zero-order valence-electron chi connectivity index (χ0n) is 14.1. The second-order valence-electron chi connectivity index (χ2n) is 6.01. The summed E-state index contributed by atoms with van der Waals surface area (Å²) in [5.41, 5.74) is 0.524. The van der Waals surface area contributed by atoms with E-state index in [0.717, 1.165) is 0 Å². The van der Waals surface area contributed by atoms with Gasteiger partial charge in [0.05, 0.1) is 0 Å². The van der Waals surface area contributed by atoms with Gasteiger partial charge in [-0.1, -0.05) is 18.2 Å². The smallest absolute Gasteiger partial charge is 0.387 e. The number of ether oxygens (including phenoxy) is 1. The Morgan fingerprint density at radius 1 is 1.19 bits per heavy atom. The van der Waals surface area contributed by atoms with Crippen molar-refractivity contribution in [1.29, 1.82) is 0 Å². The molecule has 0 atom stereocenters. The lowest BCUT2D eigenvalue weighted by molar-refractivity contribution is -0.125. The quantitative estimate of drug-likeness (QED) is 0.856. The van der Waals surface area contributed by atoms with E-state index in [2.05, 4.69) is 24.9 Å². The number of hydrogen-bond donors (Lipinski definition) is 1. The molecule has 1 fully saturated rings. The van der Waals surface area contributed by atoms with Crippen LogP contribution in [0.25, 0.3) is 0 Å². The first-order valence-electron chi connectivity index (χ1n) is 8.46. The molecule has 1 aliphatic heterocycles. The minimum absolute atomic E-state index is 0.0783. The molecule has 0 aliphatic carbocycles.